The molecule has 7 heteroatoms. The predicted molar refractivity (Wildman–Crippen MR) is 67.4 cm³/mol. The van der Waals surface area contributed by atoms with E-state index < -0.39 is 0 Å². The van der Waals surface area contributed by atoms with Gasteiger partial charge in [0.15, 0.2) is 0 Å². The molecule has 0 bridgehead atoms. The molecule has 0 spiro atoms. The Labute approximate surface area is 111 Å². The summed E-state index contributed by atoms with van der Waals surface area (Å²) in [6, 6.07) is 0.0949. The zero-order chi connectivity index (χ0) is 13.8. The van der Waals surface area contributed by atoms with Crippen molar-refractivity contribution in [3.63, 3.8) is 0 Å². The Morgan fingerprint density at radius 2 is 2.47 bits per heavy atom. The van der Waals surface area contributed by atoms with Crippen LogP contribution in [-0.2, 0) is 23.1 Å². The maximum absolute atomic E-state index is 11.8. The summed E-state index contributed by atoms with van der Waals surface area (Å²) in [6.45, 7) is 3.19. The van der Waals surface area contributed by atoms with Crippen LogP contribution in [0.1, 0.15) is 29.4 Å². The van der Waals surface area contributed by atoms with E-state index in [1.54, 1.807) is 18.7 Å². The lowest BCUT2D eigenvalue weighted by Crippen LogP contribution is -2.31. The lowest BCUT2D eigenvalue weighted by Gasteiger charge is -2.11. The minimum Gasteiger partial charge on any atom is -0.462 e. The van der Waals surface area contributed by atoms with E-state index in [9.17, 15) is 9.59 Å². The molecule has 0 radical (unpaired) electrons. The molecule has 2 heterocycles. The molecule has 1 fully saturated rings. The summed E-state index contributed by atoms with van der Waals surface area (Å²) in [5.74, 6) is -0.318. The average Bonchev–Trinajstić information content (AvgIpc) is 2.94. The molecule has 7 nitrogen and oxygen atoms in total. The van der Waals surface area contributed by atoms with E-state index in [-0.39, 0.29) is 17.9 Å². The first kappa shape index (κ1) is 13.5. The molecule has 1 saturated heterocycles. The quantitative estimate of drug-likeness (QED) is 0.707. The zero-order valence-corrected chi connectivity index (χ0v) is 11.1. The first-order valence-corrected chi connectivity index (χ1v) is 6.30. The van der Waals surface area contributed by atoms with Crippen molar-refractivity contribution in [1.29, 1.82) is 0 Å². The van der Waals surface area contributed by atoms with Gasteiger partial charge in [-0.25, -0.2) is 4.79 Å². The molecule has 1 aliphatic rings. The fourth-order valence-corrected chi connectivity index (χ4v) is 2.04. The van der Waals surface area contributed by atoms with Crippen molar-refractivity contribution >= 4 is 11.9 Å². The third kappa shape index (κ3) is 3.11. The Balaban J connectivity index is 2.01. The highest BCUT2D eigenvalue weighted by atomic mass is 16.5. The second kappa shape index (κ2) is 5.83. The van der Waals surface area contributed by atoms with Crippen molar-refractivity contribution in [3.05, 3.63) is 17.5 Å². The van der Waals surface area contributed by atoms with Crippen LogP contribution in [-0.4, -0.2) is 40.9 Å². The molecular weight excluding hydrogens is 248 g/mol. The number of nitrogens with zero attached hydrogens (tertiary/aromatic N) is 2. The van der Waals surface area contributed by atoms with Crippen LogP contribution in [0.3, 0.4) is 0 Å². The summed E-state index contributed by atoms with van der Waals surface area (Å²) in [6.07, 6.45) is 1.97. The second-order valence-electron chi connectivity index (χ2n) is 4.44. The fraction of sp³-hybridized carbons (Fsp3) is 0.583. The van der Waals surface area contributed by atoms with E-state index in [0.717, 1.165) is 5.69 Å². The number of aryl methyl sites for hydroxylation is 1. The summed E-state index contributed by atoms with van der Waals surface area (Å²) in [7, 11) is 1.78. The molecule has 0 aliphatic carbocycles. The number of hydrogen-bond donors (Lipinski definition) is 2. The highest BCUT2D eigenvalue weighted by Crippen LogP contribution is 2.10. The zero-order valence-electron chi connectivity index (χ0n) is 11.1. The van der Waals surface area contributed by atoms with E-state index in [1.807, 2.05) is 0 Å². The van der Waals surface area contributed by atoms with Crippen LogP contribution in [0.15, 0.2) is 6.20 Å². The lowest BCUT2D eigenvalue weighted by atomic mass is 10.2. The Kier molecular flexibility index (Phi) is 4.16. The minimum absolute atomic E-state index is 0.0492. The Morgan fingerprint density at radius 3 is 3.11 bits per heavy atom. The van der Waals surface area contributed by atoms with Crippen LogP contribution in [0.5, 0.6) is 0 Å². The average molecular weight is 266 g/mol. The number of rotatable bonds is 5. The van der Waals surface area contributed by atoms with Crippen LogP contribution in [0.2, 0.25) is 0 Å². The van der Waals surface area contributed by atoms with Crippen LogP contribution in [0.4, 0.5) is 0 Å². The molecule has 1 aromatic rings. The van der Waals surface area contributed by atoms with Crippen molar-refractivity contribution < 1.29 is 14.3 Å². The van der Waals surface area contributed by atoms with Gasteiger partial charge in [-0.1, -0.05) is 0 Å². The molecule has 1 unspecified atom stereocenters. The normalized spacial score (nSPS) is 18.4. The number of aromatic nitrogens is 2. The maximum Gasteiger partial charge on any atom is 0.341 e. The van der Waals surface area contributed by atoms with Gasteiger partial charge >= 0.3 is 5.97 Å². The SMILES string of the molecule is CCOC(=O)c1cnn(C)c1CNC1CNC(=O)C1. The number of ether oxygens (including phenoxy) is 1. The Hall–Kier alpha value is -1.89. The van der Waals surface area contributed by atoms with Crippen molar-refractivity contribution in [2.45, 2.75) is 25.9 Å². The molecule has 0 saturated carbocycles. The number of carbonyl (C=O) groups excluding carboxylic acids is 2. The summed E-state index contributed by atoms with van der Waals surface area (Å²) < 4.78 is 6.63. The van der Waals surface area contributed by atoms with Crippen LogP contribution in [0, 0.1) is 0 Å². The Bertz CT molecular complexity index is 483. The first-order chi connectivity index (χ1) is 9.11. The van der Waals surface area contributed by atoms with Gasteiger partial charge < -0.3 is 15.4 Å². The van der Waals surface area contributed by atoms with Gasteiger partial charge in [-0.05, 0) is 6.92 Å². The predicted octanol–water partition coefficient (Wildman–Crippen LogP) is -0.425. The fourth-order valence-electron chi connectivity index (χ4n) is 2.04. The van der Waals surface area contributed by atoms with Gasteiger partial charge in [0.2, 0.25) is 5.91 Å². The van der Waals surface area contributed by atoms with Gasteiger partial charge in [0.25, 0.3) is 0 Å². The van der Waals surface area contributed by atoms with E-state index in [1.165, 1.54) is 6.20 Å². The van der Waals surface area contributed by atoms with Gasteiger partial charge in [-0.3, -0.25) is 9.48 Å². The standard InChI is InChI=1S/C12H18N4O3/c1-3-19-12(18)9-6-15-16(2)10(9)7-13-8-4-11(17)14-5-8/h6,8,13H,3-5,7H2,1-2H3,(H,14,17). The second-order valence-corrected chi connectivity index (χ2v) is 4.44. The van der Waals surface area contributed by atoms with Crippen LogP contribution in [0.25, 0.3) is 0 Å². The van der Waals surface area contributed by atoms with Crippen molar-refractivity contribution in [2.24, 2.45) is 7.05 Å². The molecule has 1 amide bonds. The topological polar surface area (TPSA) is 85.2 Å². The minimum atomic E-state index is -0.368. The molecule has 0 aromatic carbocycles. The number of amides is 1. The van der Waals surface area contributed by atoms with Gasteiger partial charge in [0, 0.05) is 32.6 Å². The smallest absolute Gasteiger partial charge is 0.341 e. The Morgan fingerprint density at radius 1 is 1.68 bits per heavy atom. The van der Waals surface area contributed by atoms with E-state index in [2.05, 4.69) is 15.7 Å². The monoisotopic (exact) mass is 266 g/mol. The number of hydrogen-bond acceptors (Lipinski definition) is 5. The van der Waals surface area contributed by atoms with Gasteiger partial charge in [-0.15, -0.1) is 0 Å². The highest BCUT2D eigenvalue weighted by molar-refractivity contribution is 5.90. The van der Waals surface area contributed by atoms with Gasteiger partial charge in [0.05, 0.1) is 18.5 Å². The largest absolute Gasteiger partial charge is 0.462 e. The molecule has 1 aliphatic heterocycles. The van der Waals surface area contributed by atoms with Gasteiger partial charge in [-0.2, -0.15) is 5.10 Å². The van der Waals surface area contributed by atoms with E-state index in [4.69, 9.17) is 4.74 Å². The molecule has 19 heavy (non-hydrogen) atoms. The van der Waals surface area contributed by atoms with Crippen molar-refractivity contribution in [1.82, 2.24) is 20.4 Å². The molecule has 2 rings (SSSR count). The summed E-state index contributed by atoms with van der Waals surface area (Å²) in [5, 5.41) is 10.1. The summed E-state index contributed by atoms with van der Waals surface area (Å²) >= 11 is 0. The molecule has 2 N–H and O–H groups in total. The maximum atomic E-state index is 11.8. The number of esters is 1. The van der Waals surface area contributed by atoms with Crippen molar-refractivity contribution in [3.8, 4) is 0 Å². The molecular formula is C12H18N4O3. The molecule has 1 aromatic heterocycles. The lowest BCUT2D eigenvalue weighted by molar-refractivity contribution is -0.119. The van der Waals surface area contributed by atoms with E-state index in [0.29, 0.717) is 31.7 Å². The van der Waals surface area contributed by atoms with Crippen molar-refractivity contribution in [2.75, 3.05) is 13.2 Å². The van der Waals surface area contributed by atoms with E-state index >= 15 is 0 Å². The summed E-state index contributed by atoms with van der Waals surface area (Å²) in [5.41, 5.74) is 1.23. The number of nitrogens with one attached hydrogen (secondary N) is 2. The first-order valence-electron chi connectivity index (χ1n) is 6.30. The van der Waals surface area contributed by atoms with Gasteiger partial charge in [0.1, 0.15) is 5.56 Å². The number of carbonyl (C=O) groups is 2. The highest BCUT2D eigenvalue weighted by Gasteiger charge is 2.23. The van der Waals surface area contributed by atoms with Crippen LogP contribution < -0.4 is 10.6 Å². The molecule has 1 atom stereocenters. The van der Waals surface area contributed by atoms with Crippen LogP contribution >= 0.6 is 0 Å². The summed E-state index contributed by atoms with van der Waals surface area (Å²) in [4.78, 5) is 22.9. The molecule has 104 valence electrons. The third-order valence-corrected chi connectivity index (χ3v) is 3.09. The third-order valence-electron chi connectivity index (χ3n) is 3.09.